The van der Waals surface area contributed by atoms with Crippen LogP contribution >= 0.6 is 0 Å². The van der Waals surface area contributed by atoms with E-state index in [1.165, 1.54) is 10.6 Å². The minimum Gasteiger partial charge on any atom is -0.346 e. The normalized spacial score (nSPS) is 12.3. The second kappa shape index (κ2) is 9.35. The van der Waals surface area contributed by atoms with E-state index >= 15 is 0 Å². The summed E-state index contributed by atoms with van der Waals surface area (Å²) in [6, 6.07) is 22.5. The lowest BCUT2D eigenvalue weighted by Gasteiger charge is -2.25. The molecular weight excluding hydrogens is 408 g/mol. The number of nitrogens with one attached hydrogen (secondary N) is 1. The number of sulfonamides is 1. The van der Waals surface area contributed by atoms with Gasteiger partial charge in [0.25, 0.3) is 5.91 Å². The Labute approximate surface area is 184 Å². The first kappa shape index (κ1) is 22.6. The van der Waals surface area contributed by atoms with Crippen LogP contribution < -0.4 is 9.62 Å². The molecule has 0 aromatic heterocycles. The van der Waals surface area contributed by atoms with Gasteiger partial charge in [-0.05, 0) is 61.2 Å². The summed E-state index contributed by atoms with van der Waals surface area (Å²) in [5, 5.41) is 2.99. The Kier molecular flexibility index (Phi) is 6.81. The predicted octanol–water partition coefficient (Wildman–Crippen LogP) is 4.76. The smallest absolute Gasteiger partial charge is 0.251 e. The Balaban J connectivity index is 1.76. The van der Waals surface area contributed by atoms with Crippen molar-refractivity contribution in [3.8, 4) is 0 Å². The van der Waals surface area contributed by atoms with Crippen molar-refractivity contribution in [3.05, 3.63) is 101 Å². The van der Waals surface area contributed by atoms with Gasteiger partial charge in [-0.2, -0.15) is 0 Å². The van der Waals surface area contributed by atoms with E-state index < -0.39 is 10.0 Å². The average molecular weight is 437 g/mol. The number of hydrogen-bond acceptors (Lipinski definition) is 3. The van der Waals surface area contributed by atoms with Gasteiger partial charge in [-0.3, -0.25) is 9.10 Å². The maximum Gasteiger partial charge on any atom is 0.251 e. The fourth-order valence-electron chi connectivity index (χ4n) is 3.40. The molecule has 162 valence electrons. The maximum absolute atomic E-state index is 12.6. The largest absolute Gasteiger partial charge is 0.346 e. The van der Waals surface area contributed by atoms with Gasteiger partial charge in [0, 0.05) is 5.56 Å². The van der Waals surface area contributed by atoms with Crippen LogP contribution in [0.4, 0.5) is 5.69 Å². The Hall–Kier alpha value is -3.12. The molecule has 0 aliphatic heterocycles. The topological polar surface area (TPSA) is 66.5 Å². The van der Waals surface area contributed by atoms with Crippen molar-refractivity contribution < 1.29 is 13.2 Å². The first-order valence-corrected chi connectivity index (χ1v) is 12.0. The molecule has 0 aliphatic carbocycles. The highest BCUT2D eigenvalue weighted by Crippen LogP contribution is 2.26. The lowest BCUT2D eigenvalue weighted by Crippen LogP contribution is -2.30. The van der Waals surface area contributed by atoms with E-state index in [-0.39, 0.29) is 18.5 Å². The Morgan fingerprint density at radius 3 is 2.23 bits per heavy atom. The average Bonchev–Trinajstić information content (AvgIpc) is 2.74. The second-order valence-corrected chi connectivity index (χ2v) is 9.77. The zero-order valence-corrected chi connectivity index (χ0v) is 19.1. The lowest BCUT2D eigenvalue weighted by atomic mass is 10.1. The fraction of sp³-hybridized carbons (Fsp3) is 0.240. The van der Waals surface area contributed by atoms with E-state index in [2.05, 4.69) is 5.32 Å². The molecule has 0 radical (unpaired) electrons. The van der Waals surface area contributed by atoms with Gasteiger partial charge in [0.1, 0.15) is 0 Å². The Bertz CT molecular complexity index is 1160. The van der Waals surface area contributed by atoms with Crippen LogP contribution in [0.15, 0.2) is 72.8 Å². The molecular formula is C25H28N2O3S. The van der Waals surface area contributed by atoms with Crippen LogP contribution in [0.5, 0.6) is 0 Å². The van der Waals surface area contributed by atoms with Gasteiger partial charge in [0.15, 0.2) is 0 Å². The number of nitrogens with zero attached hydrogens (tertiary/aromatic N) is 1. The molecule has 5 nitrogen and oxygen atoms in total. The SMILES string of the molecule is Cc1ccc(C)c(N(Cc2ccc(C(=O)NC(C)c3ccccc3)cc2)S(C)(=O)=O)c1. The summed E-state index contributed by atoms with van der Waals surface area (Å²) in [6.45, 7) is 5.97. The summed E-state index contributed by atoms with van der Waals surface area (Å²) < 4.78 is 26.4. The third kappa shape index (κ3) is 5.73. The van der Waals surface area contributed by atoms with Crippen molar-refractivity contribution in [3.63, 3.8) is 0 Å². The standard InChI is InChI=1S/C25H28N2O3S/c1-18-10-11-19(2)24(16-18)27(31(4,29)30)17-21-12-14-23(15-13-21)25(28)26-20(3)22-8-6-5-7-9-22/h5-16,20H,17H2,1-4H3,(H,26,28). The van der Waals surface area contributed by atoms with E-state index in [1.54, 1.807) is 24.3 Å². The summed E-state index contributed by atoms with van der Waals surface area (Å²) in [4.78, 5) is 12.6. The second-order valence-electron chi connectivity index (χ2n) is 7.86. The van der Waals surface area contributed by atoms with Crippen LogP contribution in [0.25, 0.3) is 0 Å². The first-order chi connectivity index (χ1) is 14.6. The number of amides is 1. The maximum atomic E-state index is 12.6. The zero-order chi connectivity index (χ0) is 22.6. The highest BCUT2D eigenvalue weighted by molar-refractivity contribution is 7.92. The van der Waals surface area contributed by atoms with Crippen LogP contribution in [0.3, 0.4) is 0 Å². The van der Waals surface area contributed by atoms with E-state index in [1.807, 2.05) is 69.3 Å². The van der Waals surface area contributed by atoms with Crippen LogP contribution in [0, 0.1) is 13.8 Å². The fourth-order valence-corrected chi connectivity index (χ4v) is 4.34. The number of rotatable bonds is 7. The number of aryl methyl sites for hydroxylation is 2. The van der Waals surface area contributed by atoms with E-state index in [0.29, 0.717) is 11.3 Å². The van der Waals surface area contributed by atoms with Crippen LogP contribution in [0.1, 0.15) is 45.6 Å². The number of carbonyl (C=O) groups excluding carboxylic acids is 1. The van der Waals surface area contributed by atoms with E-state index in [0.717, 1.165) is 22.3 Å². The molecule has 1 unspecified atom stereocenters. The Morgan fingerprint density at radius 2 is 1.61 bits per heavy atom. The third-order valence-electron chi connectivity index (χ3n) is 5.22. The summed E-state index contributed by atoms with van der Waals surface area (Å²) >= 11 is 0. The predicted molar refractivity (Wildman–Crippen MR) is 126 cm³/mol. The summed E-state index contributed by atoms with van der Waals surface area (Å²) in [5.74, 6) is -0.169. The molecule has 31 heavy (non-hydrogen) atoms. The van der Waals surface area contributed by atoms with Gasteiger partial charge in [-0.15, -0.1) is 0 Å². The van der Waals surface area contributed by atoms with Crippen molar-refractivity contribution in [2.24, 2.45) is 0 Å². The molecule has 6 heteroatoms. The van der Waals surface area contributed by atoms with E-state index in [9.17, 15) is 13.2 Å². The summed E-state index contributed by atoms with van der Waals surface area (Å²) in [7, 11) is -3.47. The van der Waals surface area contributed by atoms with Gasteiger partial charge in [-0.25, -0.2) is 8.42 Å². The minimum atomic E-state index is -3.47. The molecule has 0 saturated heterocycles. The van der Waals surface area contributed by atoms with Crippen molar-refractivity contribution >= 4 is 21.6 Å². The van der Waals surface area contributed by atoms with Crippen molar-refractivity contribution in [2.75, 3.05) is 10.6 Å². The number of hydrogen-bond donors (Lipinski definition) is 1. The first-order valence-electron chi connectivity index (χ1n) is 10.1. The van der Waals surface area contributed by atoms with Crippen LogP contribution in [0.2, 0.25) is 0 Å². The molecule has 0 fully saturated rings. The molecule has 0 heterocycles. The monoisotopic (exact) mass is 436 g/mol. The zero-order valence-electron chi connectivity index (χ0n) is 18.3. The van der Waals surface area contributed by atoms with Crippen LogP contribution in [-0.2, 0) is 16.6 Å². The van der Waals surface area contributed by atoms with Crippen LogP contribution in [-0.4, -0.2) is 20.6 Å². The molecule has 0 aliphatic rings. The van der Waals surface area contributed by atoms with Gasteiger partial charge in [0.2, 0.25) is 10.0 Å². The number of benzene rings is 3. The Morgan fingerprint density at radius 1 is 0.968 bits per heavy atom. The number of anilines is 1. The molecule has 3 aromatic rings. The van der Waals surface area contributed by atoms with Gasteiger partial charge in [0.05, 0.1) is 24.5 Å². The minimum absolute atomic E-state index is 0.113. The third-order valence-corrected chi connectivity index (χ3v) is 6.35. The molecule has 0 bridgehead atoms. The van der Waals surface area contributed by atoms with E-state index in [4.69, 9.17) is 0 Å². The number of carbonyl (C=O) groups is 1. The van der Waals surface area contributed by atoms with Gasteiger partial charge >= 0.3 is 0 Å². The molecule has 1 amide bonds. The molecule has 0 saturated carbocycles. The van der Waals surface area contributed by atoms with Crippen molar-refractivity contribution in [2.45, 2.75) is 33.4 Å². The van der Waals surface area contributed by atoms with Crippen molar-refractivity contribution in [1.82, 2.24) is 5.32 Å². The summed E-state index contributed by atoms with van der Waals surface area (Å²) in [6.07, 6.45) is 1.21. The van der Waals surface area contributed by atoms with Gasteiger partial charge < -0.3 is 5.32 Å². The molecule has 1 atom stereocenters. The van der Waals surface area contributed by atoms with Crippen molar-refractivity contribution in [1.29, 1.82) is 0 Å². The lowest BCUT2D eigenvalue weighted by molar-refractivity contribution is 0.0940. The molecule has 1 N–H and O–H groups in total. The highest BCUT2D eigenvalue weighted by atomic mass is 32.2. The quantitative estimate of drug-likeness (QED) is 0.581. The molecule has 3 rings (SSSR count). The molecule has 3 aromatic carbocycles. The highest BCUT2D eigenvalue weighted by Gasteiger charge is 2.20. The summed E-state index contributed by atoms with van der Waals surface area (Å²) in [5.41, 5.74) is 4.92. The van der Waals surface area contributed by atoms with Gasteiger partial charge in [-0.1, -0.05) is 54.6 Å². The molecule has 0 spiro atoms.